The molecule has 2 aromatic rings. The van der Waals surface area contributed by atoms with Crippen LogP contribution in [0.5, 0.6) is 0 Å². The number of nitrogens with one attached hydrogen (secondary N) is 2. The molecular formula is C20H22BrN3O4S. The summed E-state index contributed by atoms with van der Waals surface area (Å²) in [6.07, 6.45) is -0.374. The number of hydrogen-bond donors (Lipinski definition) is 2. The van der Waals surface area contributed by atoms with Crippen LogP contribution in [-0.2, 0) is 9.53 Å². The molecule has 154 valence electrons. The monoisotopic (exact) mass is 479 g/mol. The van der Waals surface area contributed by atoms with E-state index in [2.05, 4.69) is 26.6 Å². The van der Waals surface area contributed by atoms with Crippen LogP contribution in [0, 0.1) is 6.92 Å². The van der Waals surface area contributed by atoms with Crippen molar-refractivity contribution in [3.05, 3.63) is 44.6 Å². The average Bonchev–Trinajstić information content (AvgIpc) is 3.21. The molecule has 3 amide bonds. The van der Waals surface area contributed by atoms with Crippen molar-refractivity contribution >= 4 is 56.5 Å². The van der Waals surface area contributed by atoms with E-state index in [0.717, 1.165) is 15.0 Å². The topological polar surface area (TPSA) is 87.7 Å². The second-order valence-corrected chi connectivity index (χ2v) is 9.90. The number of rotatable bonds is 5. The van der Waals surface area contributed by atoms with Gasteiger partial charge in [0, 0.05) is 5.69 Å². The van der Waals surface area contributed by atoms with Crippen molar-refractivity contribution in [2.75, 3.05) is 16.8 Å². The van der Waals surface area contributed by atoms with Crippen molar-refractivity contribution in [3.63, 3.8) is 0 Å². The number of hydrogen-bond acceptors (Lipinski definition) is 5. The first-order chi connectivity index (χ1) is 13.6. The third-order valence-electron chi connectivity index (χ3n) is 4.59. The van der Waals surface area contributed by atoms with E-state index in [1.807, 2.05) is 13.8 Å². The lowest BCUT2D eigenvalue weighted by molar-refractivity contribution is -0.120. The van der Waals surface area contributed by atoms with Gasteiger partial charge in [-0.15, -0.1) is 11.3 Å². The van der Waals surface area contributed by atoms with Crippen molar-refractivity contribution in [1.82, 2.24) is 5.32 Å². The Morgan fingerprint density at radius 3 is 2.55 bits per heavy atom. The van der Waals surface area contributed by atoms with Gasteiger partial charge in [-0.1, -0.05) is 0 Å². The normalized spacial score (nSPS) is 16.5. The summed E-state index contributed by atoms with van der Waals surface area (Å²) >= 11 is 4.62. The Hall–Kier alpha value is -2.39. The van der Waals surface area contributed by atoms with Crippen LogP contribution in [0.4, 0.5) is 16.2 Å². The lowest BCUT2D eigenvalue weighted by Crippen LogP contribution is -2.52. The van der Waals surface area contributed by atoms with E-state index in [1.54, 1.807) is 49.1 Å². The molecule has 9 heteroatoms. The lowest BCUT2D eigenvalue weighted by Gasteiger charge is -2.25. The summed E-state index contributed by atoms with van der Waals surface area (Å²) in [5.74, 6) is -0.656. The molecule has 1 aliphatic heterocycles. The predicted octanol–water partition coefficient (Wildman–Crippen LogP) is 4.31. The quantitative estimate of drug-likeness (QED) is 0.668. The number of thiophene rings is 1. The highest BCUT2D eigenvalue weighted by Crippen LogP contribution is 2.29. The van der Waals surface area contributed by atoms with Gasteiger partial charge in [0.1, 0.15) is 12.1 Å². The highest BCUT2D eigenvalue weighted by Gasteiger charge is 2.33. The number of carbonyl (C=O) groups is 3. The highest BCUT2D eigenvalue weighted by atomic mass is 79.9. The van der Waals surface area contributed by atoms with Crippen LogP contribution < -0.4 is 15.5 Å². The molecule has 29 heavy (non-hydrogen) atoms. The molecule has 0 aliphatic carbocycles. The van der Waals surface area contributed by atoms with E-state index < -0.39 is 5.54 Å². The van der Waals surface area contributed by atoms with Crippen molar-refractivity contribution in [3.8, 4) is 0 Å². The predicted molar refractivity (Wildman–Crippen MR) is 117 cm³/mol. The molecule has 0 saturated carbocycles. The van der Waals surface area contributed by atoms with Gasteiger partial charge in [0.05, 0.1) is 20.4 Å². The van der Waals surface area contributed by atoms with Gasteiger partial charge in [0.2, 0.25) is 5.91 Å². The minimum Gasteiger partial charge on any atom is -0.447 e. The largest absolute Gasteiger partial charge is 0.447 e. The molecule has 7 nitrogen and oxygen atoms in total. The van der Waals surface area contributed by atoms with Crippen LogP contribution in [-0.4, -0.2) is 36.1 Å². The summed E-state index contributed by atoms with van der Waals surface area (Å²) in [6, 6.07) is 8.74. The number of halogens is 1. The molecule has 0 bridgehead atoms. The molecule has 2 heterocycles. The van der Waals surface area contributed by atoms with Gasteiger partial charge in [-0.05, 0) is 79.5 Å². The van der Waals surface area contributed by atoms with E-state index in [9.17, 15) is 14.4 Å². The van der Waals surface area contributed by atoms with Crippen LogP contribution in [0.25, 0.3) is 0 Å². The van der Waals surface area contributed by atoms with Gasteiger partial charge in [-0.25, -0.2) is 4.79 Å². The number of benzene rings is 1. The van der Waals surface area contributed by atoms with E-state index >= 15 is 0 Å². The van der Waals surface area contributed by atoms with Crippen molar-refractivity contribution in [2.24, 2.45) is 0 Å². The van der Waals surface area contributed by atoms with E-state index in [4.69, 9.17) is 4.74 Å². The Labute approximate surface area is 181 Å². The number of carbonyl (C=O) groups excluding carboxylic acids is 3. The van der Waals surface area contributed by atoms with Crippen molar-refractivity contribution in [1.29, 1.82) is 0 Å². The van der Waals surface area contributed by atoms with Crippen LogP contribution in [0.3, 0.4) is 0 Å². The Kier molecular flexibility index (Phi) is 6.00. The van der Waals surface area contributed by atoms with Crippen LogP contribution in [0.15, 0.2) is 34.1 Å². The van der Waals surface area contributed by atoms with Crippen LogP contribution in [0.1, 0.15) is 36.0 Å². The van der Waals surface area contributed by atoms with E-state index in [0.29, 0.717) is 17.2 Å². The highest BCUT2D eigenvalue weighted by molar-refractivity contribution is 9.11. The molecule has 1 aliphatic rings. The second kappa shape index (κ2) is 8.16. The van der Waals surface area contributed by atoms with Gasteiger partial charge in [0.15, 0.2) is 0 Å². The summed E-state index contributed by atoms with van der Waals surface area (Å²) in [5.41, 5.74) is 1.04. The zero-order chi connectivity index (χ0) is 21.3. The molecule has 3 rings (SSSR count). The minimum absolute atomic E-state index is 0.0481. The Morgan fingerprint density at radius 2 is 2.00 bits per heavy atom. The molecule has 2 N–H and O–H groups in total. The van der Waals surface area contributed by atoms with Gasteiger partial charge >= 0.3 is 6.09 Å². The fraction of sp³-hybridized carbons (Fsp3) is 0.350. The smallest absolute Gasteiger partial charge is 0.414 e. The Morgan fingerprint density at radius 1 is 1.28 bits per heavy atom. The fourth-order valence-electron chi connectivity index (χ4n) is 2.98. The molecule has 0 spiro atoms. The maximum absolute atomic E-state index is 12.7. The summed E-state index contributed by atoms with van der Waals surface area (Å²) in [7, 11) is 0. The minimum atomic E-state index is -1.12. The molecule has 0 radical (unpaired) electrons. The third kappa shape index (κ3) is 4.62. The number of nitrogens with zero attached hydrogens (tertiary/aromatic N) is 1. The third-order valence-corrected chi connectivity index (χ3v) is 6.21. The SMILES string of the molecule is Cc1cc(NC(=O)C(C)(C)NC(=O)c2ccc(Br)s2)ccc1N1C(=O)OC[C@H]1C. The molecule has 1 aromatic heterocycles. The number of amides is 3. The number of ether oxygens (including phenoxy) is 1. The molecule has 1 aromatic carbocycles. The maximum Gasteiger partial charge on any atom is 0.414 e. The van der Waals surface area contributed by atoms with Gasteiger partial charge in [0.25, 0.3) is 5.91 Å². The Balaban J connectivity index is 1.70. The van der Waals surface area contributed by atoms with Crippen LogP contribution >= 0.6 is 27.3 Å². The van der Waals surface area contributed by atoms with Gasteiger partial charge < -0.3 is 15.4 Å². The molecular weight excluding hydrogens is 458 g/mol. The molecule has 0 unspecified atom stereocenters. The zero-order valence-electron chi connectivity index (χ0n) is 16.5. The van der Waals surface area contributed by atoms with Crippen molar-refractivity contribution < 1.29 is 19.1 Å². The number of anilines is 2. The Bertz CT molecular complexity index is 972. The zero-order valence-corrected chi connectivity index (χ0v) is 18.9. The standard InChI is InChI=1S/C20H22BrN3O4S/c1-11-9-13(5-6-14(11)24-12(2)10-28-19(24)27)22-18(26)20(3,4)23-17(25)15-7-8-16(21)29-15/h5-9,12H,10H2,1-4H3,(H,22,26)(H,23,25)/t12-/m1/s1. The van der Waals surface area contributed by atoms with Crippen LogP contribution in [0.2, 0.25) is 0 Å². The lowest BCUT2D eigenvalue weighted by atomic mass is 10.0. The molecule has 1 atom stereocenters. The molecule has 1 fully saturated rings. The number of cyclic esters (lactones) is 1. The van der Waals surface area contributed by atoms with E-state index in [1.165, 1.54) is 11.3 Å². The molecule has 1 saturated heterocycles. The van der Waals surface area contributed by atoms with Gasteiger partial charge in [-0.2, -0.15) is 0 Å². The summed E-state index contributed by atoms with van der Waals surface area (Å²) in [6.45, 7) is 7.42. The maximum atomic E-state index is 12.7. The summed E-state index contributed by atoms with van der Waals surface area (Å²) in [5, 5.41) is 5.59. The summed E-state index contributed by atoms with van der Waals surface area (Å²) in [4.78, 5) is 39.2. The van der Waals surface area contributed by atoms with Gasteiger partial charge in [-0.3, -0.25) is 14.5 Å². The first kappa shape index (κ1) is 21.3. The second-order valence-electron chi connectivity index (χ2n) is 7.43. The fourth-order valence-corrected chi connectivity index (χ4v) is 4.26. The van der Waals surface area contributed by atoms with Crippen molar-refractivity contribution in [2.45, 2.75) is 39.3 Å². The number of aryl methyl sites for hydroxylation is 1. The summed E-state index contributed by atoms with van der Waals surface area (Å²) < 4.78 is 5.92. The first-order valence-electron chi connectivity index (χ1n) is 9.04. The first-order valence-corrected chi connectivity index (χ1v) is 10.7. The van der Waals surface area contributed by atoms with E-state index in [-0.39, 0.29) is 23.9 Å². The average molecular weight is 480 g/mol.